The number of hydrogen-bond acceptors (Lipinski definition) is 0. The molecular formula is C42H66. The number of allylic oxidation sites excluding steroid dienone is 9. The Kier molecular flexibility index (Phi) is 18.4. The van der Waals surface area contributed by atoms with Crippen LogP contribution in [0.2, 0.25) is 0 Å². The molecule has 1 fully saturated rings. The molecule has 0 radical (unpaired) electrons. The zero-order valence-electron chi connectivity index (χ0n) is 28.3. The minimum absolute atomic E-state index is 0.371. The molecule has 1 aliphatic carbocycles. The van der Waals surface area contributed by atoms with Gasteiger partial charge in [0.05, 0.1) is 0 Å². The predicted octanol–water partition coefficient (Wildman–Crippen LogP) is 13.9. The second kappa shape index (κ2) is 20.5. The number of hydrogen-bond donors (Lipinski definition) is 0. The van der Waals surface area contributed by atoms with Crippen LogP contribution in [0.1, 0.15) is 136 Å². The van der Waals surface area contributed by atoms with E-state index < -0.39 is 0 Å². The molecule has 0 amide bonds. The fourth-order valence-electron chi connectivity index (χ4n) is 6.19. The van der Waals surface area contributed by atoms with Crippen molar-refractivity contribution in [2.75, 3.05) is 0 Å². The van der Waals surface area contributed by atoms with Crippen LogP contribution in [-0.4, -0.2) is 0 Å². The first-order chi connectivity index (χ1) is 19.9. The van der Waals surface area contributed by atoms with E-state index in [1.165, 1.54) is 50.2 Å². The molecule has 0 unspecified atom stereocenters. The van der Waals surface area contributed by atoms with Crippen LogP contribution in [0.25, 0.3) is 0 Å². The summed E-state index contributed by atoms with van der Waals surface area (Å²) in [4.78, 5) is 0. The molecule has 0 N–H and O–H groups in total. The van der Waals surface area contributed by atoms with Gasteiger partial charge in [0.1, 0.15) is 0 Å². The van der Waals surface area contributed by atoms with Crippen molar-refractivity contribution in [1.29, 1.82) is 0 Å². The van der Waals surface area contributed by atoms with Gasteiger partial charge in [0.25, 0.3) is 0 Å². The SMILES string of the molecule is C=C(CC)CCC(=C)CCCC1C(=C)C(CCCC(=C)CCC(=C)CC)C(=C)C(CCCC(=C)CCC(=C)CC)C1=C. The van der Waals surface area contributed by atoms with Crippen LogP contribution < -0.4 is 0 Å². The van der Waals surface area contributed by atoms with Gasteiger partial charge in [0.15, 0.2) is 0 Å². The molecule has 0 spiro atoms. The van der Waals surface area contributed by atoms with Gasteiger partial charge in [-0.25, -0.2) is 0 Å². The van der Waals surface area contributed by atoms with E-state index in [4.69, 9.17) is 19.7 Å². The van der Waals surface area contributed by atoms with Gasteiger partial charge in [-0.2, -0.15) is 0 Å². The molecule has 42 heavy (non-hydrogen) atoms. The van der Waals surface area contributed by atoms with Gasteiger partial charge in [-0.3, -0.25) is 0 Å². The molecule has 0 heteroatoms. The van der Waals surface area contributed by atoms with Crippen molar-refractivity contribution in [2.24, 2.45) is 17.8 Å². The van der Waals surface area contributed by atoms with Crippen LogP contribution in [0.4, 0.5) is 0 Å². The smallest absolute Gasteiger partial charge is 0.00136 e. The lowest BCUT2D eigenvalue weighted by Gasteiger charge is -2.42. The van der Waals surface area contributed by atoms with E-state index in [1.807, 2.05) is 0 Å². The molecule has 1 rings (SSSR count). The number of rotatable bonds is 24. The molecular weight excluding hydrogens is 504 g/mol. The highest BCUT2D eigenvalue weighted by Crippen LogP contribution is 2.49. The van der Waals surface area contributed by atoms with Crippen LogP contribution in [0.3, 0.4) is 0 Å². The Labute approximate surface area is 262 Å². The molecule has 0 atom stereocenters. The Balaban J connectivity index is 2.84. The molecule has 0 heterocycles. The van der Waals surface area contributed by atoms with Crippen LogP contribution >= 0.6 is 0 Å². The fraction of sp³-hybridized carbons (Fsp3) is 0.571. The lowest BCUT2D eigenvalue weighted by molar-refractivity contribution is 0.394. The van der Waals surface area contributed by atoms with E-state index in [0.29, 0.717) is 17.8 Å². The molecule has 0 saturated heterocycles. The third-order valence-electron chi connectivity index (χ3n) is 9.75. The zero-order valence-corrected chi connectivity index (χ0v) is 28.3. The minimum Gasteiger partial charge on any atom is -0.0999 e. The normalized spacial score (nSPS) is 18.6. The lowest BCUT2D eigenvalue weighted by atomic mass is 9.63. The first-order valence-corrected chi connectivity index (χ1v) is 17.0. The summed E-state index contributed by atoms with van der Waals surface area (Å²) >= 11 is 0. The van der Waals surface area contributed by atoms with Crippen molar-refractivity contribution in [3.63, 3.8) is 0 Å². The van der Waals surface area contributed by atoms with E-state index in [2.05, 4.69) is 60.2 Å². The maximum absolute atomic E-state index is 4.69. The van der Waals surface area contributed by atoms with Crippen molar-refractivity contribution in [3.05, 3.63) is 109 Å². The quantitative estimate of drug-likeness (QED) is 0.101. The third-order valence-corrected chi connectivity index (χ3v) is 9.75. The van der Waals surface area contributed by atoms with Crippen LogP contribution in [0, 0.1) is 17.8 Å². The molecule has 0 aromatic rings. The third kappa shape index (κ3) is 13.8. The van der Waals surface area contributed by atoms with Gasteiger partial charge in [0.2, 0.25) is 0 Å². The van der Waals surface area contributed by atoms with Crippen molar-refractivity contribution in [1.82, 2.24) is 0 Å². The zero-order chi connectivity index (χ0) is 31.7. The van der Waals surface area contributed by atoms with Gasteiger partial charge in [0, 0.05) is 17.8 Å². The first-order valence-electron chi connectivity index (χ1n) is 17.0. The van der Waals surface area contributed by atoms with E-state index in [-0.39, 0.29) is 0 Å². The lowest BCUT2D eigenvalue weighted by Crippen LogP contribution is -2.30. The van der Waals surface area contributed by atoms with Gasteiger partial charge < -0.3 is 0 Å². The van der Waals surface area contributed by atoms with Crippen molar-refractivity contribution >= 4 is 0 Å². The Morgan fingerprint density at radius 3 is 0.810 bits per heavy atom. The van der Waals surface area contributed by atoms with Gasteiger partial charge in [-0.15, -0.1) is 0 Å². The first kappa shape index (κ1) is 37.7. The largest absolute Gasteiger partial charge is 0.0999 e. The Bertz CT molecular complexity index is 845. The highest BCUT2D eigenvalue weighted by molar-refractivity contribution is 5.38. The summed E-state index contributed by atoms with van der Waals surface area (Å²) in [6.45, 7) is 46.3. The highest BCUT2D eigenvalue weighted by atomic mass is 14.4. The molecule has 0 bridgehead atoms. The van der Waals surface area contributed by atoms with Crippen LogP contribution in [0.5, 0.6) is 0 Å². The summed E-state index contributed by atoms with van der Waals surface area (Å²) in [6, 6.07) is 0. The van der Waals surface area contributed by atoms with Gasteiger partial charge in [-0.1, -0.05) is 130 Å². The maximum atomic E-state index is 4.69. The van der Waals surface area contributed by atoms with E-state index >= 15 is 0 Å². The molecule has 234 valence electrons. The average molecular weight is 571 g/mol. The maximum Gasteiger partial charge on any atom is 0.00136 e. The second-order valence-electron chi connectivity index (χ2n) is 13.1. The molecule has 0 aromatic carbocycles. The molecule has 1 saturated carbocycles. The molecule has 1 aliphatic rings. The second-order valence-corrected chi connectivity index (χ2v) is 13.1. The Morgan fingerprint density at radius 1 is 0.381 bits per heavy atom. The summed E-state index contributed by atoms with van der Waals surface area (Å²) in [5.74, 6) is 1.11. The average Bonchev–Trinajstić information content (AvgIpc) is 2.98. The molecule has 0 aliphatic heterocycles. The van der Waals surface area contributed by atoms with E-state index in [0.717, 1.165) is 116 Å². The van der Waals surface area contributed by atoms with Crippen molar-refractivity contribution < 1.29 is 0 Å². The Morgan fingerprint density at radius 2 is 0.595 bits per heavy atom. The summed E-state index contributed by atoms with van der Waals surface area (Å²) in [6.07, 6.45) is 19.6. The fourth-order valence-corrected chi connectivity index (χ4v) is 6.19. The highest BCUT2D eigenvalue weighted by Gasteiger charge is 2.36. The standard InChI is InChI=1S/C42H66/c1-13-31(4)25-28-34(7)19-16-22-40-37(10)41(23-17-20-35(8)29-26-32(5)14-2)39(12)42(38(40)11)24-18-21-36(9)30-27-33(6)15-3/h40-42H,4-30H2,1-3H3. The summed E-state index contributed by atoms with van der Waals surface area (Å²) < 4.78 is 0. The molecule has 0 aromatic heterocycles. The monoisotopic (exact) mass is 571 g/mol. The summed E-state index contributed by atoms with van der Waals surface area (Å²) in [5.41, 5.74) is 12.1. The van der Waals surface area contributed by atoms with Crippen molar-refractivity contribution in [3.8, 4) is 0 Å². The van der Waals surface area contributed by atoms with E-state index in [9.17, 15) is 0 Å². The summed E-state index contributed by atoms with van der Waals surface area (Å²) in [7, 11) is 0. The minimum atomic E-state index is 0.371. The van der Waals surface area contributed by atoms with Gasteiger partial charge in [-0.05, 0) is 116 Å². The van der Waals surface area contributed by atoms with Crippen LogP contribution in [-0.2, 0) is 0 Å². The predicted molar refractivity (Wildman–Crippen MR) is 193 cm³/mol. The molecule has 0 nitrogen and oxygen atoms in total. The Hall–Kier alpha value is -2.34. The van der Waals surface area contributed by atoms with Gasteiger partial charge >= 0.3 is 0 Å². The van der Waals surface area contributed by atoms with Crippen LogP contribution in [0.15, 0.2) is 109 Å². The van der Waals surface area contributed by atoms with E-state index in [1.54, 1.807) is 0 Å². The van der Waals surface area contributed by atoms with Crippen molar-refractivity contribution in [2.45, 2.75) is 136 Å². The topological polar surface area (TPSA) is 0 Å². The summed E-state index contributed by atoms with van der Waals surface area (Å²) in [5, 5.41) is 0.